The molecule has 3 aromatic rings. The zero-order valence-corrected chi connectivity index (χ0v) is 13.6. The molecule has 0 saturated heterocycles. The molecular formula is C16H14ClN3O3. The van der Waals surface area contributed by atoms with Gasteiger partial charge in [0, 0.05) is 10.9 Å². The van der Waals surface area contributed by atoms with E-state index in [1.807, 2.05) is 0 Å². The van der Waals surface area contributed by atoms with Crippen molar-refractivity contribution in [3.05, 3.63) is 35.2 Å². The van der Waals surface area contributed by atoms with Gasteiger partial charge in [-0.3, -0.25) is 4.79 Å². The molecule has 0 N–H and O–H groups in total. The minimum atomic E-state index is -0.668. The minimum Gasteiger partial charge on any atom is -0.443 e. The molecule has 0 amide bonds. The first-order chi connectivity index (χ1) is 10.8. The van der Waals surface area contributed by atoms with Crippen LogP contribution in [0.15, 0.2) is 24.5 Å². The highest BCUT2D eigenvalue weighted by atomic mass is 35.5. The smallest absolute Gasteiger partial charge is 0.420 e. The summed E-state index contributed by atoms with van der Waals surface area (Å²) in [6, 6.07) is 4.97. The summed E-state index contributed by atoms with van der Waals surface area (Å²) in [6.07, 6.45) is 1.41. The highest BCUT2D eigenvalue weighted by Crippen LogP contribution is 2.32. The molecule has 2 heterocycles. The lowest BCUT2D eigenvalue weighted by Crippen LogP contribution is -2.27. The molecule has 0 radical (unpaired) electrons. The Morgan fingerprint density at radius 1 is 1.30 bits per heavy atom. The van der Waals surface area contributed by atoms with E-state index in [1.165, 1.54) is 10.9 Å². The van der Waals surface area contributed by atoms with Gasteiger partial charge in [-0.05, 0) is 26.8 Å². The number of hydrogen-bond donors (Lipinski definition) is 0. The van der Waals surface area contributed by atoms with Gasteiger partial charge in [-0.1, -0.05) is 23.7 Å². The van der Waals surface area contributed by atoms with Crippen molar-refractivity contribution in [1.29, 1.82) is 0 Å². The summed E-state index contributed by atoms with van der Waals surface area (Å²) < 4.78 is 6.76. The Kier molecular flexibility index (Phi) is 3.56. The number of carbonyl (C=O) groups excluding carboxylic acids is 2. The van der Waals surface area contributed by atoms with E-state index in [9.17, 15) is 9.59 Å². The van der Waals surface area contributed by atoms with Gasteiger partial charge in [0.15, 0.2) is 5.65 Å². The van der Waals surface area contributed by atoms with E-state index in [0.29, 0.717) is 33.8 Å². The van der Waals surface area contributed by atoms with Crippen molar-refractivity contribution in [2.45, 2.75) is 26.4 Å². The maximum Gasteiger partial charge on any atom is 0.420 e. The zero-order chi connectivity index (χ0) is 16.8. The topological polar surface area (TPSA) is 74.1 Å². The van der Waals surface area contributed by atoms with E-state index < -0.39 is 11.7 Å². The first-order valence-corrected chi connectivity index (χ1v) is 7.33. The Hall–Kier alpha value is -2.47. The molecule has 0 aliphatic rings. The highest BCUT2D eigenvalue weighted by molar-refractivity contribution is 6.36. The van der Waals surface area contributed by atoms with Gasteiger partial charge in [0.1, 0.15) is 23.4 Å². The maximum absolute atomic E-state index is 12.6. The number of rotatable bonds is 1. The van der Waals surface area contributed by atoms with Crippen LogP contribution in [0.25, 0.3) is 21.9 Å². The lowest BCUT2D eigenvalue weighted by atomic mass is 10.1. The standard InChI is InChI=1S/C16H14ClN3O3/c1-16(2,3)23-15(22)20-11-6-9(7-21)4-5-10(11)12-13(17)18-8-19-14(12)20/h4-8H,1-3H3. The lowest BCUT2D eigenvalue weighted by Gasteiger charge is -2.20. The van der Waals surface area contributed by atoms with Crippen molar-refractivity contribution < 1.29 is 14.3 Å². The first kappa shape index (κ1) is 15.4. The Morgan fingerprint density at radius 3 is 2.70 bits per heavy atom. The van der Waals surface area contributed by atoms with Crippen LogP contribution in [0.4, 0.5) is 4.79 Å². The third-order valence-corrected chi connectivity index (χ3v) is 3.52. The number of carbonyl (C=O) groups is 2. The molecule has 7 heteroatoms. The monoisotopic (exact) mass is 331 g/mol. The molecule has 6 nitrogen and oxygen atoms in total. The van der Waals surface area contributed by atoms with Gasteiger partial charge in [-0.15, -0.1) is 0 Å². The SMILES string of the molecule is CC(C)(C)OC(=O)n1c2cc(C=O)ccc2c2c(Cl)ncnc21. The van der Waals surface area contributed by atoms with E-state index in [4.69, 9.17) is 16.3 Å². The number of hydrogen-bond acceptors (Lipinski definition) is 5. The number of ether oxygens (including phenoxy) is 1. The fourth-order valence-electron chi connectivity index (χ4n) is 2.38. The summed E-state index contributed by atoms with van der Waals surface area (Å²) in [5.74, 6) is 0. The molecular weight excluding hydrogens is 318 g/mol. The number of fused-ring (bicyclic) bond motifs is 3. The van der Waals surface area contributed by atoms with Crippen molar-refractivity contribution in [2.24, 2.45) is 0 Å². The second-order valence-corrected chi connectivity index (χ2v) is 6.43. The Balaban J connectivity index is 2.38. The quantitative estimate of drug-likeness (QED) is 0.500. The maximum atomic E-state index is 12.6. The third kappa shape index (κ3) is 2.66. The number of halogens is 1. The van der Waals surface area contributed by atoms with Crippen LogP contribution < -0.4 is 0 Å². The van der Waals surface area contributed by atoms with Crippen LogP contribution in [0.2, 0.25) is 5.15 Å². The fourth-order valence-corrected chi connectivity index (χ4v) is 2.61. The molecule has 3 rings (SSSR count). The van der Waals surface area contributed by atoms with Crippen LogP contribution >= 0.6 is 11.6 Å². The summed E-state index contributed by atoms with van der Waals surface area (Å²) in [7, 11) is 0. The molecule has 0 saturated carbocycles. The molecule has 0 aliphatic heterocycles. The van der Waals surface area contributed by atoms with Crippen LogP contribution in [0.3, 0.4) is 0 Å². The Labute approximate surface area is 137 Å². The van der Waals surface area contributed by atoms with E-state index in [-0.39, 0.29) is 5.15 Å². The number of nitrogens with zero attached hydrogens (tertiary/aromatic N) is 3. The molecule has 0 bridgehead atoms. The zero-order valence-electron chi connectivity index (χ0n) is 12.8. The second-order valence-electron chi connectivity index (χ2n) is 6.07. The normalized spacial score (nSPS) is 11.8. The van der Waals surface area contributed by atoms with Crippen molar-refractivity contribution in [3.63, 3.8) is 0 Å². The van der Waals surface area contributed by atoms with E-state index in [2.05, 4.69) is 9.97 Å². The lowest BCUT2D eigenvalue weighted by molar-refractivity contribution is 0.0550. The molecule has 0 unspecified atom stereocenters. The summed E-state index contributed by atoms with van der Waals surface area (Å²) in [4.78, 5) is 31.8. The van der Waals surface area contributed by atoms with Crippen LogP contribution in [0.5, 0.6) is 0 Å². The van der Waals surface area contributed by atoms with E-state index >= 15 is 0 Å². The van der Waals surface area contributed by atoms with E-state index in [0.717, 1.165) is 0 Å². The molecule has 0 fully saturated rings. The van der Waals surface area contributed by atoms with Crippen LogP contribution in [0.1, 0.15) is 31.1 Å². The Morgan fingerprint density at radius 2 is 2.04 bits per heavy atom. The first-order valence-electron chi connectivity index (χ1n) is 6.95. The predicted molar refractivity (Wildman–Crippen MR) is 87.1 cm³/mol. The molecule has 0 atom stereocenters. The van der Waals surface area contributed by atoms with Crippen LogP contribution in [-0.2, 0) is 4.74 Å². The molecule has 1 aromatic carbocycles. The molecule has 23 heavy (non-hydrogen) atoms. The number of aromatic nitrogens is 3. The number of benzene rings is 1. The fraction of sp³-hybridized carbons (Fsp3) is 0.250. The van der Waals surface area contributed by atoms with Crippen molar-refractivity contribution in [2.75, 3.05) is 0 Å². The van der Waals surface area contributed by atoms with Crippen LogP contribution in [-0.4, -0.2) is 32.5 Å². The molecule has 118 valence electrons. The molecule has 2 aromatic heterocycles. The molecule has 0 aliphatic carbocycles. The summed E-state index contributed by atoms with van der Waals surface area (Å²) in [6.45, 7) is 5.33. The van der Waals surface area contributed by atoms with Crippen molar-refractivity contribution >= 4 is 45.9 Å². The summed E-state index contributed by atoms with van der Waals surface area (Å²) >= 11 is 6.17. The minimum absolute atomic E-state index is 0.237. The highest BCUT2D eigenvalue weighted by Gasteiger charge is 2.24. The van der Waals surface area contributed by atoms with Crippen molar-refractivity contribution in [1.82, 2.24) is 14.5 Å². The van der Waals surface area contributed by atoms with E-state index in [1.54, 1.807) is 39.0 Å². The summed E-state index contributed by atoms with van der Waals surface area (Å²) in [5.41, 5.74) is 0.617. The van der Waals surface area contributed by atoms with Gasteiger partial charge < -0.3 is 4.74 Å². The van der Waals surface area contributed by atoms with Gasteiger partial charge in [-0.25, -0.2) is 19.3 Å². The largest absolute Gasteiger partial charge is 0.443 e. The van der Waals surface area contributed by atoms with Gasteiger partial charge in [-0.2, -0.15) is 0 Å². The van der Waals surface area contributed by atoms with Gasteiger partial charge in [0.2, 0.25) is 0 Å². The number of aldehydes is 1. The van der Waals surface area contributed by atoms with Crippen LogP contribution in [0, 0.1) is 0 Å². The predicted octanol–water partition coefficient (Wildman–Crippen LogP) is 3.83. The average molecular weight is 332 g/mol. The second kappa shape index (κ2) is 5.31. The summed E-state index contributed by atoms with van der Waals surface area (Å²) in [5, 5.41) is 1.47. The van der Waals surface area contributed by atoms with Gasteiger partial charge in [0.25, 0.3) is 0 Å². The van der Waals surface area contributed by atoms with Crippen molar-refractivity contribution in [3.8, 4) is 0 Å². The van der Waals surface area contributed by atoms with Gasteiger partial charge in [0.05, 0.1) is 10.9 Å². The third-order valence-electron chi connectivity index (χ3n) is 3.24. The Bertz CT molecular complexity index is 941. The molecule has 0 spiro atoms. The van der Waals surface area contributed by atoms with Gasteiger partial charge >= 0.3 is 6.09 Å². The average Bonchev–Trinajstić information content (AvgIpc) is 2.79.